The van der Waals surface area contributed by atoms with Crippen LogP contribution in [-0.2, 0) is 9.47 Å². The van der Waals surface area contributed by atoms with Gasteiger partial charge in [-0.2, -0.15) is 5.26 Å². The topological polar surface area (TPSA) is 42.2 Å². The molecule has 3 nitrogen and oxygen atoms in total. The van der Waals surface area contributed by atoms with Crippen LogP contribution in [0.15, 0.2) is 23.7 Å². The molecule has 0 aliphatic carbocycles. The Bertz CT molecular complexity index is 235. The van der Waals surface area contributed by atoms with Gasteiger partial charge in [0, 0.05) is 12.0 Å². The monoisotopic (exact) mass is 151 g/mol. The molecule has 0 N–H and O–H groups in total. The number of nitriles is 1. The van der Waals surface area contributed by atoms with Crippen molar-refractivity contribution in [1.29, 1.82) is 5.26 Å². The number of hydrogen-bond donors (Lipinski definition) is 0. The van der Waals surface area contributed by atoms with E-state index in [0.717, 1.165) is 12.0 Å². The SMILES string of the molecule is CO/C=C1\CCO\C1=C/C#N. The minimum Gasteiger partial charge on any atom is -0.504 e. The second kappa shape index (κ2) is 3.67. The second-order valence-corrected chi connectivity index (χ2v) is 2.11. The van der Waals surface area contributed by atoms with Crippen molar-refractivity contribution in [1.82, 2.24) is 0 Å². The van der Waals surface area contributed by atoms with Gasteiger partial charge in [0.05, 0.1) is 32.1 Å². The van der Waals surface area contributed by atoms with Gasteiger partial charge in [0.25, 0.3) is 0 Å². The van der Waals surface area contributed by atoms with Crippen molar-refractivity contribution in [2.75, 3.05) is 13.7 Å². The lowest BCUT2D eigenvalue weighted by atomic mass is 10.2. The van der Waals surface area contributed by atoms with Gasteiger partial charge in [-0.05, 0) is 0 Å². The third-order valence-electron chi connectivity index (χ3n) is 1.40. The molecule has 1 saturated heterocycles. The lowest BCUT2D eigenvalue weighted by molar-refractivity contribution is 0.265. The maximum absolute atomic E-state index is 8.34. The molecule has 0 radical (unpaired) electrons. The van der Waals surface area contributed by atoms with Gasteiger partial charge in [-0.15, -0.1) is 0 Å². The van der Waals surface area contributed by atoms with Gasteiger partial charge >= 0.3 is 0 Å². The van der Waals surface area contributed by atoms with Crippen LogP contribution in [0, 0.1) is 11.3 Å². The summed E-state index contributed by atoms with van der Waals surface area (Å²) in [7, 11) is 1.58. The van der Waals surface area contributed by atoms with Crippen molar-refractivity contribution in [2.45, 2.75) is 6.42 Å². The second-order valence-electron chi connectivity index (χ2n) is 2.11. The molecule has 0 aromatic carbocycles. The molecule has 1 aliphatic rings. The van der Waals surface area contributed by atoms with Gasteiger partial charge in [0.2, 0.25) is 0 Å². The highest BCUT2D eigenvalue weighted by Gasteiger charge is 2.14. The van der Waals surface area contributed by atoms with E-state index in [1.54, 1.807) is 13.4 Å². The first-order chi connectivity index (χ1) is 5.38. The zero-order valence-electron chi connectivity index (χ0n) is 6.33. The van der Waals surface area contributed by atoms with E-state index in [9.17, 15) is 0 Å². The van der Waals surface area contributed by atoms with E-state index < -0.39 is 0 Å². The molecular formula is C8H9NO2. The average Bonchev–Trinajstić information content (AvgIpc) is 2.39. The van der Waals surface area contributed by atoms with Gasteiger partial charge in [0.15, 0.2) is 0 Å². The van der Waals surface area contributed by atoms with Gasteiger partial charge in [-0.1, -0.05) is 0 Å². The minimum atomic E-state index is 0.634. The molecule has 1 fully saturated rings. The number of rotatable bonds is 1. The summed E-state index contributed by atoms with van der Waals surface area (Å²) in [4.78, 5) is 0. The van der Waals surface area contributed by atoms with Crippen molar-refractivity contribution >= 4 is 0 Å². The molecule has 1 aliphatic heterocycles. The molecule has 0 bridgehead atoms. The third kappa shape index (κ3) is 1.74. The van der Waals surface area contributed by atoms with Crippen LogP contribution in [0.3, 0.4) is 0 Å². The maximum atomic E-state index is 8.34. The minimum absolute atomic E-state index is 0.634. The quantitative estimate of drug-likeness (QED) is 0.419. The largest absolute Gasteiger partial charge is 0.504 e. The average molecular weight is 151 g/mol. The van der Waals surface area contributed by atoms with Gasteiger partial charge in [0.1, 0.15) is 5.76 Å². The summed E-state index contributed by atoms with van der Waals surface area (Å²) in [5.41, 5.74) is 0.953. The first-order valence-electron chi connectivity index (χ1n) is 3.33. The molecule has 0 spiro atoms. The van der Waals surface area contributed by atoms with Crippen molar-refractivity contribution in [3.05, 3.63) is 23.7 Å². The Morgan fingerprint density at radius 3 is 3.18 bits per heavy atom. The van der Waals surface area contributed by atoms with E-state index in [1.165, 1.54) is 6.08 Å². The van der Waals surface area contributed by atoms with Crippen LogP contribution < -0.4 is 0 Å². The molecule has 11 heavy (non-hydrogen) atoms. The number of allylic oxidation sites excluding steroid dienone is 2. The molecule has 0 saturated carbocycles. The Kier molecular flexibility index (Phi) is 2.56. The van der Waals surface area contributed by atoms with E-state index in [-0.39, 0.29) is 0 Å². The van der Waals surface area contributed by atoms with Crippen molar-refractivity contribution in [3.8, 4) is 6.07 Å². The molecule has 0 atom stereocenters. The summed E-state index contributed by atoms with van der Waals surface area (Å²) in [5, 5.41) is 8.34. The highest BCUT2D eigenvalue weighted by atomic mass is 16.5. The van der Waals surface area contributed by atoms with Gasteiger partial charge in [-0.25, -0.2) is 0 Å². The molecule has 58 valence electrons. The molecule has 3 heteroatoms. The predicted octanol–water partition coefficient (Wildman–Crippen LogP) is 1.34. The highest BCUT2D eigenvalue weighted by Crippen LogP contribution is 2.22. The Labute approximate surface area is 65.5 Å². The fourth-order valence-electron chi connectivity index (χ4n) is 0.939. The molecule has 0 aromatic heterocycles. The zero-order valence-corrected chi connectivity index (χ0v) is 6.33. The molecular weight excluding hydrogens is 142 g/mol. The number of hydrogen-bond acceptors (Lipinski definition) is 3. The van der Waals surface area contributed by atoms with E-state index in [2.05, 4.69) is 0 Å². The summed E-state index contributed by atoms with van der Waals surface area (Å²) < 4.78 is 9.96. The van der Waals surface area contributed by atoms with Crippen molar-refractivity contribution in [2.24, 2.45) is 0 Å². The molecule has 1 rings (SSSR count). The first-order valence-corrected chi connectivity index (χ1v) is 3.33. The van der Waals surface area contributed by atoms with Crippen LogP contribution in [0.1, 0.15) is 6.42 Å². The Morgan fingerprint density at radius 2 is 2.55 bits per heavy atom. The fraction of sp³-hybridized carbons (Fsp3) is 0.375. The molecule has 0 aromatic rings. The Balaban J connectivity index is 2.75. The Morgan fingerprint density at radius 1 is 1.73 bits per heavy atom. The summed E-state index contributed by atoms with van der Waals surface area (Å²) >= 11 is 0. The van der Waals surface area contributed by atoms with Crippen LogP contribution in [0.4, 0.5) is 0 Å². The summed E-state index contributed by atoms with van der Waals surface area (Å²) in [5.74, 6) is 0.634. The molecule has 0 amide bonds. The highest BCUT2D eigenvalue weighted by molar-refractivity contribution is 5.31. The van der Waals surface area contributed by atoms with E-state index in [4.69, 9.17) is 14.7 Å². The Hall–Kier alpha value is -1.43. The smallest absolute Gasteiger partial charge is 0.136 e. The number of methoxy groups -OCH3 is 1. The zero-order chi connectivity index (χ0) is 8.10. The predicted molar refractivity (Wildman–Crippen MR) is 39.4 cm³/mol. The summed E-state index contributed by atoms with van der Waals surface area (Å²) in [6.45, 7) is 0.642. The van der Waals surface area contributed by atoms with E-state index >= 15 is 0 Å². The van der Waals surface area contributed by atoms with Crippen LogP contribution in [0.25, 0.3) is 0 Å². The number of nitrogens with zero attached hydrogens (tertiary/aromatic N) is 1. The van der Waals surface area contributed by atoms with Crippen molar-refractivity contribution < 1.29 is 9.47 Å². The van der Waals surface area contributed by atoms with Crippen LogP contribution in [-0.4, -0.2) is 13.7 Å². The third-order valence-corrected chi connectivity index (χ3v) is 1.40. The number of ether oxygens (including phenoxy) is 2. The summed E-state index contributed by atoms with van der Waals surface area (Å²) in [6, 6.07) is 1.91. The fourth-order valence-corrected chi connectivity index (χ4v) is 0.939. The molecule has 1 heterocycles. The van der Waals surface area contributed by atoms with Gasteiger partial charge in [-0.3, -0.25) is 0 Å². The van der Waals surface area contributed by atoms with Crippen molar-refractivity contribution in [3.63, 3.8) is 0 Å². The van der Waals surface area contributed by atoms with E-state index in [0.29, 0.717) is 12.4 Å². The lowest BCUT2D eigenvalue weighted by Crippen LogP contribution is -1.81. The van der Waals surface area contributed by atoms with Crippen LogP contribution in [0.5, 0.6) is 0 Å². The summed E-state index contributed by atoms with van der Waals surface area (Å²) in [6.07, 6.45) is 3.81. The van der Waals surface area contributed by atoms with Crippen LogP contribution >= 0.6 is 0 Å². The van der Waals surface area contributed by atoms with E-state index in [1.807, 2.05) is 6.07 Å². The maximum Gasteiger partial charge on any atom is 0.136 e. The normalized spacial score (nSPS) is 23.3. The first kappa shape index (κ1) is 7.67. The molecule has 0 unspecified atom stereocenters. The standard InChI is InChI=1S/C8H9NO2/c1-10-6-7-3-5-11-8(7)2-4-9/h2,6H,3,5H2,1H3/b7-6+,8-2-. The van der Waals surface area contributed by atoms with Crippen LogP contribution in [0.2, 0.25) is 0 Å². The lowest BCUT2D eigenvalue weighted by Gasteiger charge is -1.95. The van der Waals surface area contributed by atoms with Gasteiger partial charge < -0.3 is 9.47 Å².